The van der Waals surface area contributed by atoms with Gasteiger partial charge in [0.05, 0.1) is 29.5 Å². The van der Waals surface area contributed by atoms with E-state index in [1.807, 2.05) is 17.9 Å². The highest BCUT2D eigenvalue weighted by atomic mass is 19.4. The Labute approximate surface area is 200 Å². The molecular formula is C25H25F3N4O3. The lowest BCUT2D eigenvalue weighted by molar-refractivity contribution is -0.137. The monoisotopic (exact) mass is 486 g/mol. The van der Waals surface area contributed by atoms with Gasteiger partial charge in [-0.1, -0.05) is 12.1 Å². The highest BCUT2D eigenvalue weighted by Crippen LogP contribution is 2.31. The molecule has 35 heavy (non-hydrogen) atoms. The van der Waals surface area contributed by atoms with E-state index in [9.17, 15) is 23.2 Å². The fourth-order valence-corrected chi connectivity index (χ4v) is 4.33. The Bertz CT molecular complexity index is 1320. The van der Waals surface area contributed by atoms with E-state index in [2.05, 4.69) is 4.98 Å². The number of benzene rings is 1. The van der Waals surface area contributed by atoms with Crippen LogP contribution in [0.5, 0.6) is 0 Å². The first kappa shape index (κ1) is 24.7. The molecule has 0 amide bonds. The van der Waals surface area contributed by atoms with Gasteiger partial charge in [0.1, 0.15) is 23.4 Å². The summed E-state index contributed by atoms with van der Waals surface area (Å²) in [7, 11) is 1.65. The molecule has 0 radical (unpaired) electrons. The molecule has 0 spiro atoms. The number of hydrogen-bond acceptors (Lipinski definition) is 6. The van der Waals surface area contributed by atoms with Crippen LogP contribution in [0.2, 0.25) is 0 Å². The van der Waals surface area contributed by atoms with Crippen molar-refractivity contribution < 1.29 is 22.6 Å². The number of fused-ring (bicyclic) bond motifs is 1. The number of pyridine rings is 2. The Kier molecular flexibility index (Phi) is 7.10. The Balaban J connectivity index is 1.55. The van der Waals surface area contributed by atoms with E-state index in [4.69, 9.17) is 9.47 Å². The maximum atomic E-state index is 13.0. The van der Waals surface area contributed by atoms with Crippen molar-refractivity contribution in [2.75, 3.05) is 24.6 Å². The number of nitriles is 1. The van der Waals surface area contributed by atoms with Gasteiger partial charge < -0.3 is 18.9 Å². The molecule has 0 bridgehead atoms. The highest BCUT2D eigenvalue weighted by Gasteiger charge is 2.33. The first-order valence-corrected chi connectivity index (χ1v) is 11.3. The van der Waals surface area contributed by atoms with Crippen LogP contribution < -0.4 is 10.5 Å². The summed E-state index contributed by atoms with van der Waals surface area (Å²) in [5, 5.41) is 9.29. The van der Waals surface area contributed by atoms with Gasteiger partial charge in [0.15, 0.2) is 0 Å². The van der Waals surface area contributed by atoms with Crippen LogP contribution in [0.3, 0.4) is 0 Å². The van der Waals surface area contributed by atoms with Crippen LogP contribution in [0.4, 0.5) is 18.9 Å². The normalized spacial score (nSPS) is 18.6. The Hall–Kier alpha value is -3.42. The van der Waals surface area contributed by atoms with E-state index in [1.54, 1.807) is 25.2 Å². The zero-order valence-corrected chi connectivity index (χ0v) is 19.4. The van der Waals surface area contributed by atoms with Gasteiger partial charge in [-0.25, -0.2) is 4.98 Å². The molecule has 3 heterocycles. The molecule has 0 saturated carbocycles. The lowest BCUT2D eigenvalue weighted by Crippen LogP contribution is -2.49. The predicted molar refractivity (Wildman–Crippen MR) is 124 cm³/mol. The summed E-state index contributed by atoms with van der Waals surface area (Å²) in [5.41, 5.74) is 1.54. The molecule has 0 unspecified atom stereocenters. The first-order chi connectivity index (χ1) is 16.7. The van der Waals surface area contributed by atoms with Crippen molar-refractivity contribution in [3.05, 3.63) is 69.6 Å². The minimum atomic E-state index is -4.41. The van der Waals surface area contributed by atoms with Crippen molar-refractivity contribution in [3.63, 3.8) is 0 Å². The zero-order chi connectivity index (χ0) is 25.2. The number of anilines is 1. The van der Waals surface area contributed by atoms with Gasteiger partial charge in [0.25, 0.3) is 5.56 Å². The van der Waals surface area contributed by atoms with Crippen LogP contribution in [0, 0.1) is 11.3 Å². The van der Waals surface area contributed by atoms with Crippen molar-refractivity contribution in [2.45, 2.75) is 38.3 Å². The lowest BCUT2D eigenvalue weighted by Gasteiger charge is -2.39. The van der Waals surface area contributed by atoms with E-state index in [-0.39, 0.29) is 30.1 Å². The molecule has 7 nitrogen and oxygen atoms in total. The number of nitrogens with zero attached hydrogens (tertiary/aromatic N) is 4. The third-order valence-corrected chi connectivity index (χ3v) is 6.12. The van der Waals surface area contributed by atoms with Crippen LogP contribution in [-0.2, 0) is 29.3 Å². The van der Waals surface area contributed by atoms with Crippen molar-refractivity contribution in [1.29, 1.82) is 5.26 Å². The smallest absolute Gasteiger partial charge is 0.374 e. The molecule has 1 aromatic carbocycles. The molecule has 184 valence electrons. The van der Waals surface area contributed by atoms with Gasteiger partial charge in [0, 0.05) is 32.8 Å². The SMILES string of the molecule is CCO[C@H]1CN(c2cc(=O)n(C)c3ccc(C#N)nc23)CC[C@@H]1OCc1cccc(C(F)(F)F)c1. The van der Waals surface area contributed by atoms with Crippen LogP contribution in [0.1, 0.15) is 30.2 Å². The van der Waals surface area contributed by atoms with E-state index in [1.165, 1.54) is 16.7 Å². The van der Waals surface area contributed by atoms with Crippen LogP contribution in [-0.4, -0.2) is 41.5 Å². The molecule has 1 saturated heterocycles. The summed E-state index contributed by atoms with van der Waals surface area (Å²) < 4.78 is 52.5. The van der Waals surface area contributed by atoms with Crippen LogP contribution >= 0.6 is 0 Å². The Morgan fingerprint density at radius 2 is 1.97 bits per heavy atom. The largest absolute Gasteiger partial charge is 0.416 e. The summed E-state index contributed by atoms with van der Waals surface area (Å²) in [6.07, 6.45) is -4.57. The summed E-state index contributed by atoms with van der Waals surface area (Å²) in [4.78, 5) is 19.0. The minimum absolute atomic E-state index is 0.0278. The summed E-state index contributed by atoms with van der Waals surface area (Å²) in [5.74, 6) is 0. The number of alkyl halides is 3. The first-order valence-electron chi connectivity index (χ1n) is 11.3. The standard InChI is InChI=1S/C25H25F3N4O3/c1-3-34-22-14-32(20-12-23(33)31(2)19-8-7-18(13-29)30-24(19)20)10-9-21(22)35-15-16-5-4-6-17(11-16)25(26,27)28/h4-8,11-12,21-22H,3,9-10,14-15H2,1-2H3/t21-,22-/m0/s1. The number of aryl methyl sites for hydroxylation is 1. The van der Waals surface area contributed by atoms with Gasteiger partial charge >= 0.3 is 6.18 Å². The molecule has 0 N–H and O–H groups in total. The molecule has 10 heteroatoms. The van der Waals surface area contributed by atoms with Crippen molar-refractivity contribution in [2.24, 2.45) is 7.05 Å². The van der Waals surface area contributed by atoms with E-state index in [0.29, 0.717) is 48.4 Å². The Morgan fingerprint density at radius 1 is 1.17 bits per heavy atom. The quantitative estimate of drug-likeness (QED) is 0.524. The highest BCUT2D eigenvalue weighted by molar-refractivity contribution is 5.88. The van der Waals surface area contributed by atoms with E-state index in [0.717, 1.165) is 12.1 Å². The second kappa shape index (κ2) is 10.1. The fraction of sp³-hybridized carbons (Fsp3) is 0.400. The van der Waals surface area contributed by atoms with Crippen molar-refractivity contribution in [1.82, 2.24) is 9.55 Å². The molecule has 0 aliphatic carbocycles. The molecule has 2 aromatic heterocycles. The second-order valence-corrected chi connectivity index (χ2v) is 8.38. The van der Waals surface area contributed by atoms with Crippen molar-refractivity contribution >= 4 is 16.7 Å². The number of hydrogen-bond donors (Lipinski definition) is 0. The third-order valence-electron chi connectivity index (χ3n) is 6.12. The average molecular weight is 486 g/mol. The zero-order valence-electron chi connectivity index (χ0n) is 19.4. The van der Waals surface area contributed by atoms with E-state index >= 15 is 0 Å². The van der Waals surface area contributed by atoms with Gasteiger partial charge in [-0.2, -0.15) is 18.4 Å². The maximum Gasteiger partial charge on any atom is 0.416 e. The fourth-order valence-electron chi connectivity index (χ4n) is 4.33. The lowest BCUT2D eigenvalue weighted by atomic mass is 10.0. The molecule has 1 aliphatic heterocycles. The number of piperidine rings is 1. The molecule has 1 fully saturated rings. The average Bonchev–Trinajstić information content (AvgIpc) is 2.85. The number of rotatable bonds is 6. The van der Waals surface area contributed by atoms with Gasteiger partial charge in [-0.3, -0.25) is 4.79 Å². The molecule has 2 atom stereocenters. The van der Waals surface area contributed by atoms with E-state index < -0.39 is 11.7 Å². The minimum Gasteiger partial charge on any atom is -0.374 e. The number of ether oxygens (including phenoxy) is 2. The Morgan fingerprint density at radius 3 is 2.69 bits per heavy atom. The summed E-state index contributed by atoms with van der Waals surface area (Å²) in [6, 6.07) is 11.9. The molecular weight excluding hydrogens is 461 g/mol. The van der Waals surface area contributed by atoms with Gasteiger partial charge in [-0.15, -0.1) is 0 Å². The van der Waals surface area contributed by atoms with Gasteiger partial charge in [0.2, 0.25) is 0 Å². The molecule has 1 aliphatic rings. The molecule has 3 aromatic rings. The molecule has 4 rings (SSSR count). The third kappa shape index (κ3) is 5.31. The van der Waals surface area contributed by atoms with Crippen molar-refractivity contribution in [3.8, 4) is 6.07 Å². The topological polar surface area (TPSA) is 80.4 Å². The number of halogens is 3. The van der Waals surface area contributed by atoms with Gasteiger partial charge in [-0.05, 0) is 43.2 Å². The van der Waals surface area contributed by atoms with Crippen LogP contribution in [0.15, 0.2) is 47.3 Å². The number of aromatic nitrogens is 2. The summed E-state index contributed by atoms with van der Waals surface area (Å²) >= 11 is 0. The second-order valence-electron chi connectivity index (χ2n) is 8.38. The predicted octanol–water partition coefficient (Wildman–Crippen LogP) is 4.02. The summed E-state index contributed by atoms with van der Waals surface area (Å²) in [6.45, 7) is 3.24. The maximum absolute atomic E-state index is 13.0. The van der Waals surface area contributed by atoms with Crippen LogP contribution in [0.25, 0.3) is 11.0 Å².